The van der Waals surface area contributed by atoms with Crippen molar-refractivity contribution in [2.45, 2.75) is 0 Å². The van der Waals surface area contributed by atoms with E-state index in [0.717, 1.165) is 0 Å². The molecule has 0 atom stereocenters. The number of hydrogen-bond donors (Lipinski definition) is 2. The molecule has 2 N–H and O–H groups in total. The number of hydrogen-bond acceptors (Lipinski definition) is 6. The van der Waals surface area contributed by atoms with Crippen molar-refractivity contribution in [2.75, 3.05) is 26.9 Å². The van der Waals surface area contributed by atoms with E-state index in [1.54, 1.807) is 42.5 Å². The van der Waals surface area contributed by atoms with Gasteiger partial charge in [0.2, 0.25) is 0 Å². The normalized spacial score (nSPS) is 10.2. The van der Waals surface area contributed by atoms with Crippen LogP contribution in [0.4, 0.5) is 0 Å². The molecular weight excluding hydrogens is 410 g/mol. The van der Waals surface area contributed by atoms with Crippen LogP contribution in [0.2, 0.25) is 5.02 Å². The molecule has 2 amide bonds. The van der Waals surface area contributed by atoms with Gasteiger partial charge in [-0.25, -0.2) is 5.43 Å². The topological polar surface area (TPSA) is 98.2 Å². The van der Waals surface area contributed by atoms with E-state index < -0.39 is 11.8 Å². The molecule has 156 valence electrons. The quantitative estimate of drug-likeness (QED) is 0.342. The summed E-state index contributed by atoms with van der Waals surface area (Å²) >= 11 is 5.94. The number of benzene rings is 2. The van der Waals surface area contributed by atoms with Gasteiger partial charge in [0, 0.05) is 5.56 Å². The number of carbonyl (C=O) groups excluding carboxylic acids is 2. The summed E-state index contributed by atoms with van der Waals surface area (Å²) < 4.78 is 16.0. The van der Waals surface area contributed by atoms with Crippen molar-refractivity contribution in [2.24, 2.45) is 5.10 Å². The molecule has 0 bridgehead atoms. The average molecular weight is 430 g/mol. The highest BCUT2D eigenvalue weighted by Crippen LogP contribution is 2.29. The summed E-state index contributed by atoms with van der Waals surface area (Å²) in [5.74, 6) is 2.63. The van der Waals surface area contributed by atoms with Gasteiger partial charge >= 0.3 is 0 Å². The summed E-state index contributed by atoms with van der Waals surface area (Å²) in [6.45, 7) is -0.504. The number of amides is 2. The van der Waals surface area contributed by atoms with Gasteiger partial charge in [0.05, 0.1) is 24.9 Å². The highest BCUT2D eigenvalue weighted by molar-refractivity contribution is 6.32. The van der Waals surface area contributed by atoms with Crippen LogP contribution in [0.15, 0.2) is 47.6 Å². The lowest BCUT2D eigenvalue weighted by Crippen LogP contribution is -2.37. The van der Waals surface area contributed by atoms with Crippen molar-refractivity contribution in [3.05, 3.63) is 53.1 Å². The highest BCUT2D eigenvalue weighted by Gasteiger charge is 2.10. The molecule has 2 aromatic rings. The number of hydrazone groups is 1. The number of terminal acetylenes is 1. The van der Waals surface area contributed by atoms with Crippen LogP contribution in [0, 0.1) is 12.3 Å². The van der Waals surface area contributed by atoms with Gasteiger partial charge in [-0.1, -0.05) is 35.7 Å². The van der Waals surface area contributed by atoms with Crippen LogP contribution in [0.1, 0.15) is 5.56 Å². The Morgan fingerprint density at radius 3 is 2.63 bits per heavy atom. The van der Waals surface area contributed by atoms with Crippen LogP contribution < -0.4 is 25.0 Å². The third-order valence-electron chi connectivity index (χ3n) is 3.56. The molecule has 0 radical (unpaired) electrons. The second-order valence-electron chi connectivity index (χ2n) is 5.66. The number of halogens is 1. The van der Waals surface area contributed by atoms with Gasteiger partial charge in [-0.3, -0.25) is 9.59 Å². The largest absolute Gasteiger partial charge is 0.493 e. The second kappa shape index (κ2) is 12.0. The van der Waals surface area contributed by atoms with E-state index in [4.69, 9.17) is 32.2 Å². The molecule has 9 heteroatoms. The Morgan fingerprint density at radius 1 is 1.13 bits per heavy atom. The van der Waals surface area contributed by atoms with Gasteiger partial charge in [0.25, 0.3) is 11.8 Å². The first-order chi connectivity index (χ1) is 14.5. The standard InChI is InChI=1S/C21H20ClN3O5/c1-3-11-29-21-15(7-6-10-18(21)28-2)12-24-25-19(26)13-23-20(27)14-30-17-9-5-4-8-16(17)22/h1,4-10,12H,11,13-14H2,2H3,(H,23,27)(H,25,26)/b24-12-. The van der Waals surface area contributed by atoms with E-state index in [-0.39, 0.29) is 19.8 Å². The fraction of sp³-hybridized carbons (Fsp3) is 0.190. The van der Waals surface area contributed by atoms with Crippen molar-refractivity contribution in [1.82, 2.24) is 10.7 Å². The Morgan fingerprint density at radius 2 is 1.90 bits per heavy atom. The van der Waals surface area contributed by atoms with Gasteiger partial charge in [-0.2, -0.15) is 5.10 Å². The molecular formula is C21H20ClN3O5. The zero-order valence-electron chi connectivity index (χ0n) is 16.2. The third kappa shape index (κ3) is 7.04. The maximum absolute atomic E-state index is 11.9. The molecule has 0 unspecified atom stereocenters. The van der Waals surface area contributed by atoms with Gasteiger partial charge in [-0.15, -0.1) is 6.42 Å². The molecule has 0 aromatic heterocycles. The lowest BCUT2D eigenvalue weighted by Gasteiger charge is -2.11. The van der Waals surface area contributed by atoms with Gasteiger partial charge in [0.15, 0.2) is 18.1 Å². The zero-order chi connectivity index (χ0) is 21.8. The predicted molar refractivity (Wildman–Crippen MR) is 113 cm³/mol. The van der Waals surface area contributed by atoms with Crippen molar-refractivity contribution in [3.8, 4) is 29.6 Å². The number of methoxy groups -OCH3 is 1. The number of ether oxygens (including phenoxy) is 3. The van der Waals surface area contributed by atoms with Crippen LogP contribution >= 0.6 is 11.6 Å². The number of carbonyl (C=O) groups is 2. The fourth-order valence-electron chi connectivity index (χ4n) is 2.21. The summed E-state index contributed by atoms with van der Waals surface area (Å²) in [5, 5.41) is 6.66. The summed E-state index contributed by atoms with van der Waals surface area (Å²) in [6.07, 6.45) is 6.60. The Balaban J connectivity index is 1.82. The molecule has 2 rings (SSSR count). The van der Waals surface area contributed by atoms with Gasteiger partial charge in [-0.05, 0) is 24.3 Å². The first kappa shape index (κ1) is 22.6. The van der Waals surface area contributed by atoms with Crippen molar-refractivity contribution < 1.29 is 23.8 Å². The van der Waals surface area contributed by atoms with E-state index in [1.165, 1.54) is 13.3 Å². The van der Waals surface area contributed by atoms with E-state index in [2.05, 4.69) is 21.8 Å². The molecule has 30 heavy (non-hydrogen) atoms. The second-order valence-corrected chi connectivity index (χ2v) is 6.07. The minimum Gasteiger partial charge on any atom is -0.493 e. The molecule has 2 aromatic carbocycles. The van der Waals surface area contributed by atoms with Crippen molar-refractivity contribution in [3.63, 3.8) is 0 Å². The maximum Gasteiger partial charge on any atom is 0.259 e. The van der Waals surface area contributed by atoms with Crippen LogP contribution in [-0.4, -0.2) is 44.9 Å². The molecule has 0 saturated carbocycles. The molecule has 0 fully saturated rings. The Hall–Kier alpha value is -3.70. The SMILES string of the molecule is C#CCOc1c(/C=N\NC(=O)CNC(=O)COc2ccccc2Cl)cccc1OC. The Bertz CT molecular complexity index is 956. The number of nitrogens with zero attached hydrogens (tertiary/aromatic N) is 1. The summed E-state index contributed by atoms with van der Waals surface area (Å²) in [5.41, 5.74) is 2.86. The smallest absolute Gasteiger partial charge is 0.259 e. The Kier molecular flexibility index (Phi) is 9.03. The molecule has 0 spiro atoms. The zero-order valence-corrected chi connectivity index (χ0v) is 16.9. The van der Waals surface area contributed by atoms with Gasteiger partial charge in [0.1, 0.15) is 12.4 Å². The van der Waals surface area contributed by atoms with E-state index in [1.807, 2.05) is 0 Å². The van der Waals surface area contributed by atoms with Crippen LogP contribution in [0.5, 0.6) is 17.2 Å². The minimum absolute atomic E-state index is 0.0515. The highest BCUT2D eigenvalue weighted by atomic mass is 35.5. The number of para-hydroxylation sites is 2. The van der Waals surface area contributed by atoms with E-state index in [9.17, 15) is 9.59 Å². The molecule has 0 aliphatic heterocycles. The molecule has 0 aliphatic rings. The van der Waals surface area contributed by atoms with Crippen molar-refractivity contribution in [1.29, 1.82) is 0 Å². The van der Waals surface area contributed by atoms with Crippen molar-refractivity contribution >= 4 is 29.6 Å². The molecule has 0 aliphatic carbocycles. The summed E-state index contributed by atoms with van der Waals surface area (Å²) in [6, 6.07) is 11.9. The molecule has 0 saturated heterocycles. The minimum atomic E-state index is -0.522. The summed E-state index contributed by atoms with van der Waals surface area (Å²) in [4.78, 5) is 23.7. The first-order valence-corrected chi connectivity index (χ1v) is 9.12. The number of rotatable bonds is 10. The summed E-state index contributed by atoms with van der Waals surface area (Å²) in [7, 11) is 1.50. The average Bonchev–Trinajstić information content (AvgIpc) is 2.76. The van der Waals surface area contributed by atoms with E-state index >= 15 is 0 Å². The lowest BCUT2D eigenvalue weighted by atomic mass is 10.2. The van der Waals surface area contributed by atoms with Crippen LogP contribution in [0.3, 0.4) is 0 Å². The lowest BCUT2D eigenvalue weighted by molar-refractivity contribution is -0.127. The van der Waals surface area contributed by atoms with E-state index in [0.29, 0.717) is 27.8 Å². The predicted octanol–water partition coefficient (Wildman–Crippen LogP) is 2.01. The third-order valence-corrected chi connectivity index (χ3v) is 3.88. The molecule has 8 nitrogen and oxygen atoms in total. The first-order valence-electron chi connectivity index (χ1n) is 8.74. The fourth-order valence-corrected chi connectivity index (χ4v) is 2.40. The van der Waals surface area contributed by atoms with Crippen LogP contribution in [0.25, 0.3) is 0 Å². The maximum atomic E-state index is 11.9. The Labute approximate surface area is 179 Å². The van der Waals surface area contributed by atoms with Gasteiger partial charge < -0.3 is 19.5 Å². The number of nitrogens with one attached hydrogen (secondary N) is 2. The monoisotopic (exact) mass is 429 g/mol. The molecule has 0 heterocycles. The van der Waals surface area contributed by atoms with Crippen LogP contribution in [-0.2, 0) is 9.59 Å².